The minimum atomic E-state index is 0.130. The van der Waals surface area contributed by atoms with Crippen LogP contribution in [0.5, 0.6) is 0 Å². The van der Waals surface area contributed by atoms with Crippen LogP contribution in [0.1, 0.15) is 49.1 Å². The van der Waals surface area contributed by atoms with Gasteiger partial charge in [-0.15, -0.1) is 11.3 Å². The fourth-order valence-corrected chi connectivity index (χ4v) is 3.18. The number of amides is 1. The number of carbonyl (C=O) groups excluding carboxylic acids is 1. The van der Waals surface area contributed by atoms with Gasteiger partial charge in [0.25, 0.3) is 0 Å². The highest BCUT2D eigenvalue weighted by Crippen LogP contribution is 2.27. The lowest BCUT2D eigenvalue weighted by atomic mass is 9.87. The zero-order valence-electron chi connectivity index (χ0n) is 10.6. The van der Waals surface area contributed by atoms with E-state index in [0.29, 0.717) is 12.3 Å². The number of carbonyl (C=O) groups is 1. The van der Waals surface area contributed by atoms with Gasteiger partial charge in [-0.1, -0.05) is 19.3 Å². The molecule has 17 heavy (non-hydrogen) atoms. The van der Waals surface area contributed by atoms with Crippen LogP contribution in [0.3, 0.4) is 0 Å². The lowest BCUT2D eigenvalue weighted by Crippen LogP contribution is -2.18. The molecular formula is C13H20N2OS. The Balaban J connectivity index is 1.84. The van der Waals surface area contributed by atoms with Gasteiger partial charge in [0, 0.05) is 11.3 Å². The van der Waals surface area contributed by atoms with Crippen LogP contribution in [0.4, 0.5) is 5.13 Å². The van der Waals surface area contributed by atoms with Crippen molar-refractivity contribution >= 4 is 22.4 Å². The highest BCUT2D eigenvalue weighted by molar-refractivity contribution is 7.15. The van der Waals surface area contributed by atoms with E-state index in [1.807, 2.05) is 13.8 Å². The molecular weight excluding hydrogens is 232 g/mol. The van der Waals surface area contributed by atoms with Gasteiger partial charge in [-0.05, 0) is 32.6 Å². The molecule has 0 aromatic carbocycles. The average molecular weight is 252 g/mol. The van der Waals surface area contributed by atoms with Crippen molar-refractivity contribution in [2.75, 3.05) is 5.32 Å². The minimum Gasteiger partial charge on any atom is -0.302 e. The Hall–Kier alpha value is -0.900. The molecule has 2 rings (SSSR count). The number of thiazole rings is 1. The summed E-state index contributed by atoms with van der Waals surface area (Å²) >= 11 is 1.56. The van der Waals surface area contributed by atoms with E-state index in [4.69, 9.17) is 0 Å². The van der Waals surface area contributed by atoms with Gasteiger partial charge >= 0.3 is 0 Å². The lowest BCUT2D eigenvalue weighted by Gasteiger charge is -2.20. The molecule has 1 aromatic heterocycles. The summed E-state index contributed by atoms with van der Waals surface area (Å²) < 4.78 is 0. The van der Waals surface area contributed by atoms with E-state index in [1.54, 1.807) is 11.3 Å². The average Bonchev–Trinajstić information content (AvgIpc) is 2.59. The smallest absolute Gasteiger partial charge is 0.226 e. The van der Waals surface area contributed by atoms with Crippen molar-refractivity contribution in [2.24, 2.45) is 5.92 Å². The summed E-state index contributed by atoms with van der Waals surface area (Å²) in [5.74, 6) is 0.719. The molecule has 1 fully saturated rings. The number of hydrogen-bond acceptors (Lipinski definition) is 3. The molecule has 1 N–H and O–H groups in total. The van der Waals surface area contributed by atoms with E-state index in [0.717, 1.165) is 10.8 Å². The fraction of sp³-hybridized carbons (Fsp3) is 0.692. The molecule has 1 amide bonds. The highest BCUT2D eigenvalue weighted by Gasteiger charge is 2.17. The van der Waals surface area contributed by atoms with Crippen LogP contribution >= 0.6 is 11.3 Å². The Morgan fingerprint density at radius 3 is 2.65 bits per heavy atom. The van der Waals surface area contributed by atoms with Gasteiger partial charge < -0.3 is 5.32 Å². The SMILES string of the molecule is Cc1nc(NC(=O)CC2CCCCC2)sc1C. The van der Waals surface area contributed by atoms with Crippen LogP contribution in [0.2, 0.25) is 0 Å². The maximum absolute atomic E-state index is 11.9. The molecule has 0 saturated heterocycles. The Morgan fingerprint density at radius 2 is 2.06 bits per heavy atom. The number of anilines is 1. The Kier molecular flexibility index (Phi) is 4.15. The molecule has 0 unspecified atom stereocenters. The van der Waals surface area contributed by atoms with E-state index in [2.05, 4.69) is 10.3 Å². The van der Waals surface area contributed by atoms with E-state index in [1.165, 1.54) is 37.0 Å². The molecule has 4 heteroatoms. The second-order valence-corrected chi connectivity index (χ2v) is 6.12. The van der Waals surface area contributed by atoms with Crippen LogP contribution in [-0.4, -0.2) is 10.9 Å². The largest absolute Gasteiger partial charge is 0.302 e. The number of nitrogens with one attached hydrogen (secondary N) is 1. The predicted octanol–water partition coefficient (Wildman–Crippen LogP) is 3.67. The van der Waals surface area contributed by atoms with Crippen LogP contribution < -0.4 is 5.32 Å². The number of rotatable bonds is 3. The van der Waals surface area contributed by atoms with Gasteiger partial charge in [-0.3, -0.25) is 4.79 Å². The number of hydrogen-bond donors (Lipinski definition) is 1. The van der Waals surface area contributed by atoms with Crippen molar-refractivity contribution in [2.45, 2.75) is 52.4 Å². The number of aromatic nitrogens is 1. The number of nitrogens with zero attached hydrogens (tertiary/aromatic N) is 1. The van der Waals surface area contributed by atoms with Crippen molar-refractivity contribution in [3.05, 3.63) is 10.6 Å². The zero-order chi connectivity index (χ0) is 12.3. The van der Waals surface area contributed by atoms with E-state index in [-0.39, 0.29) is 5.91 Å². The molecule has 1 aliphatic carbocycles. The summed E-state index contributed by atoms with van der Waals surface area (Å²) in [6, 6.07) is 0. The van der Waals surface area contributed by atoms with E-state index >= 15 is 0 Å². The third kappa shape index (κ3) is 3.53. The summed E-state index contributed by atoms with van der Waals surface area (Å²) in [5, 5.41) is 3.67. The lowest BCUT2D eigenvalue weighted by molar-refractivity contribution is -0.117. The quantitative estimate of drug-likeness (QED) is 0.891. The standard InChI is InChI=1S/C13H20N2OS/c1-9-10(2)17-13(14-9)15-12(16)8-11-6-4-3-5-7-11/h11H,3-8H2,1-2H3,(H,14,15,16). The van der Waals surface area contributed by atoms with Crippen molar-refractivity contribution in [3.63, 3.8) is 0 Å². The number of aryl methyl sites for hydroxylation is 2. The molecule has 0 bridgehead atoms. The molecule has 1 aromatic rings. The first-order valence-electron chi connectivity index (χ1n) is 6.39. The molecule has 1 heterocycles. The summed E-state index contributed by atoms with van der Waals surface area (Å²) in [7, 11) is 0. The van der Waals surface area contributed by atoms with Gasteiger partial charge in [-0.2, -0.15) is 0 Å². The summed E-state index contributed by atoms with van der Waals surface area (Å²) in [6.45, 7) is 4.01. The first-order valence-corrected chi connectivity index (χ1v) is 7.20. The molecule has 1 saturated carbocycles. The van der Waals surface area contributed by atoms with Gasteiger partial charge in [0.15, 0.2) is 5.13 Å². The molecule has 0 aliphatic heterocycles. The molecule has 0 radical (unpaired) electrons. The van der Waals surface area contributed by atoms with Gasteiger partial charge in [0.1, 0.15) is 0 Å². The Labute approximate surface area is 107 Å². The minimum absolute atomic E-state index is 0.130. The van der Waals surface area contributed by atoms with Crippen LogP contribution in [0.25, 0.3) is 0 Å². The highest BCUT2D eigenvalue weighted by atomic mass is 32.1. The second kappa shape index (κ2) is 5.63. The Morgan fingerprint density at radius 1 is 1.35 bits per heavy atom. The maximum Gasteiger partial charge on any atom is 0.226 e. The van der Waals surface area contributed by atoms with Crippen LogP contribution in [-0.2, 0) is 4.79 Å². The van der Waals surface area contributed by atoms with Crippen molar-refractivity contribution < 1.29 is 4.79 Å². The first kappa shape index (κ1) is 12.6. The molecule has 0 atom stereocenters. The van der Waals surface area contributed by atoms with Gasteiger partial charge in [0.05, 0.1) is 5.69 Å². The van der Waals surface area contributed by atoms with Crippen molar-refractivity contribution in [1.82, 2.24) is 4.98 Å². The second-order valence-electron chi connectivity index (χ2n) is 4.92. The monoisotopic (exact) mass is 252 g/mol. The first-order chi connectivity index (χ1) is 8.15. The van der Waals surface area contributed by atoms with Gasteiger partial charge in [0.2, 0.25) is 5.91 Å². The molecule has 0 spiro atoms. The summed E-state index contributed by atoms with van der Waals surface area (Å²) in [4.78, 5) is 17.4. The topological polar surface area (TPSA) is 42.0 Å². The third-order valence-corrected chi connectivity index (χ3v) is 4.46. The summed E-state index contributed by atoms with van der Waals surface area (Å²) in [5.41, 5.74) is 1.02. The van der Waals surface area contributed by atoms with E-state index < -0.39 is 0 Å². The van der Waals surface area contributed by atoms with Crippen LogP contribution in [0, 0.1) is 19.8 Å². The normalized spacial score (nSPS) is 17.1. The van der Waals surface area contributed by atoms with Gasteiger partial charge in [-0.25, -0.2) is 4.98 Å². The third-order valence-electron chi connectivity index (χ3n) is 3.47. The Bertz CT molecular complexity index is 375. The zero-order valence-corrected chi connectivity index (χ0v) is 11.4. The fourth-order valence-electron chi connectivity index (χ4n) is 2.35. The van der Waals surface area contributed by atoms with Crippen molar-refractivity contribution in [3.8, 4) is 0 Å². The van der Waals surface area contributed by atoms with E-state index in [9.17, 15) is 4.79 Å². The maximum atomic E-state index is 11.9. The predicted molar refractivity (Wildman–Crippen MR) is 71.4 cm³/mol. The van der Waals surface area contributed by atoms with Crippen molar-refractivity contribution in [1.29, 1.82) is 0 Å². The molecule has 3 nitrogen and oxygen atoms in total. The van der Waals surface area contributed by atoms with Crippen LogP contribution in [0.15, 0.2) is 0 Å². The molecule has 1 aliphatic rings. The summed E-state index contributed by atoms with van der Waals surface area (Å²) in [6.07, 6.45) is 6.99. The molecule has 94 valence electrons.